The Hall–Kier alpha value is -3.34. The number of aromatic hydroxyl groups is 1. The van der Waals surface area contributed by atoms with E-state index in [4.69, 9.17) is 9.56 Å². The van der Waals surface area contributed by atoms with E-state index in [-0.39, 0.29) is 16.6 Å². The van der Waals surface area contributed by atoms with E-state index in [1.807, 2.05) is 0 Å². The Morgan fingerprint density at radius 1 is 1.06 bits per heavy atom. The summed E-state index contributed by atoms with van der Waals surface area (Å²) in [5, 5.41) is 15.0. The van der Waals surface area contributed by atoms with Crippen LogP contribution < -0.4 is 10.0 Å². The van der Waals surface area contributed by atoms with Gasteiger partial charge in [-0.1, -0.05) is 0 Å². The summed E-state index contributed by atoms with van der Waals surface area (Å²) in [6, 6.07) is 16.0. The average molecular weight is 456 g/mol. The van der Waals surface area contributed by atoms with E-state index in [2.05, 4.69) is 4.99 Å². The maximum Gasteiger partial charge on any atom is 0.286 e. The van der Waals surface area contributed by atoms with Crippen molar-refractivity contribution in [3.63, 3.8) is 0 Å². The lowest BCUT2D eigenvalue weighted by atomic mass is 10.2. The van der Waals surface area contributed by atoms with Crippen molar-refractivity contribution in [1.29, 1.82) is 0 Å². The van der Waals surface area contributed by atoms with Crippen molar-refractivity contribution in [3.05, 3.63) is 71.3 Å². The molecule has 2 heterocycles. The number of phenols is 1. The molecule has 0 saturated carbocycles. The Balaban J connectivity index is 1.51. The van der Waals surface area contributed by atoms with Crippen molar-refractivity contribution in [3.8, 4) is 17.1 Å². The van der Waals surface area contributed by atoms with Crippen LogP contribution in [0, 0.1) is 0 Å². The van der Waals surface area contributed by atoms with Crippen molar-refractivity contribution in [2.75, 3.05) is 11.9 Å². The van der Waals surface area contributed by atoms with Gasteiger partial charge in [-0.25, -0.2) is 13.6 Å². The number of anilines is 1. The summed E-state index contributed by atoms with van der Waals surface area (Å²) in [6.07, 6.45) is 1.61. The van der Waals surface area contributed by atoms with Crippen LogP contribution in [0.15, 0.2) is 79.9 Å². The number of carbonyl (C=O) groups excluding carboxylic acids is 1. The molecule has 3 N–H and O–H groups in total. The van der Waals surface area contributed by atoms with Gasteiger partial charge in [-0.3, -0.25) is 4.79 Å². The van der Waals surface area contributed by atoms with Gasteiger partial charge in [0.05, 0.1) is 9.80 Å². The van der Waals surface area contributed by atoms with Crippen molar-refractivity contribution in [1.82, 2.24) is 0 Å². The molecule has 1 aliphatic rings. The second-order valence-corrected chi connectivity index (χ2v) is 9.23. The molecule has 0 atom stereocenters. The predicted octanol–water partition coefficient (Wildman–Crippen LogP) is 3.41. The van der Waals surface area contributed by atoms with Gasteiger partial charge in [0, 0.05) is 24.4 Å². The molecule has 10 heteroatoms. The number of primary sulfonamides is 1. The Kier molecular flexibility index (Phi) is 5.44. The van der Waals surface area contributed by atoms with Crippen LogP contribution >= 0.6 is 11.8 Å². The zero-order valence-corrected chi connectivity index (χ0v) is 17.9. The van der Waals surface area contributed by atoms with E-state index < -0.39 is 10.0 Å². The topological polar surface area (TPSA) is 126 Å². The maximum absolute atomic E-state index is 12.3. The number of nitrogens with zero attached hydrogens (tertiary/aromatic N) is 2. The molecule has 1 aliphatic heterocycles. The summed E-state index contributed by atoms with van der Waals surface area (Å²) >= 11 is 1.21. The van der Waals surface area contributed by atoms with E-state index in [1.165, 1.54) is 23.9 Å². The maximum atomic E-state index is 12.3. The Bertz CT molecular complexity index is 1310. The first kappa shape index (κ1) is 20.9. The van der Waals surface area contributed by atoms with E-state index in [1.54, 1.807) is 66.6 Å². The first-order valence-corrected chi connectivity index (χ1v) is 11.4. The molecule has 1 amide bonds. The number of nitrogens with two attached hydrogens (primary N) is 1. The summed E-state index contributed by atoms with van der Waals surface area (Å²) in [4.78, 5) is 18.6. The van der Waals surface area contributed by atoms with Gasteiger partial charge in [0.25, 0.3) is 5.91 Å². The minimum Gasteiger partial charge on any atom is -0.508 e. The lowest BCUT2D eigenvalue weighted by molar-refractivity contribution is -0.113. The molecule has 158 valence electrons. The molecule has 0 fully saturated rings. The van der Waals surface area contributed by atoms with Gasteiger partial charge >= 0.3 is 0 Å². The minimum absolute atomic E-state index is 0.0144. The fourth-order valence-corrected chi connectivity index (χ4v) is 4.24. The number of aliphatic imine (C=N–C) groups is 1. The monoisotopic (exact) mass is 455 g/mol. The zero-order valence-electron chi connectivity index (χ0n) is 16.2. The van der Waals surface area contributed by atoms with Crippen LogP contribution in [0.5, 0.6) is 5.75 Å². The smallest absolute Gasteiger partial charge is 0.286 e. The molecule has 3 aromatic rings. The number of thioether (sulfide) groups is 1. The molecule has 31 heavy (non-hydrogen) atoms. The number of furan rings is 1. The van der Waals surface area contributed by atoms with E-state index in [0.717, 1.165) is 5.69 Å². The van der Waals surface area contributed by atoms with Gasteiger partial charge in [-0.2, -0.15) is 4.99 Å². The van der Waals surface area contributed by atoms with Crippen LogP contribution in [0.25, 0.3) is 17.4 Å². The SMILES string of the molecule is CN(C1=NC(=O)/C(=C/c2ccc(-c3ccc(S(N)(=O)=O)cc3)o2)S1)c1ccc(O)cc1. The highest BCUT2D eigenvalue weighted by Crippen LogP contribution is 2.33. The number of amides is 1. The van der Waals surface area contributed by atoms with Gasteiger partial charge in [-0.05, 0) is 72.4 Å². The molecule has 0 saturated heterocycles. The lowest BCUT2D eigenvalue weighted by Gasteiger charge is -2.17. The summed E-state index contributed by atoms with van der Waals surface area (Å²) in [5.74, 6) is 0.763. The highest BCUT2D eigenvalue weighted by molar-refractivity contribution is 8.18. The molecular formula is C21H17N3O5S2. The molecule has 0 unspecified atom stereocenters. The zero-order chi connectivity index (χ0) is 22.2. The van der Waals surface area contributed by atoms with E-state index in [9.17, 15) is 18.3 Å². The van der Waals surface area contributed by atoms with Gasteiger partial charge in [0.15, 0.2) is 5.17 Å². The molecule has 0 bridgehead atoms. The normalized spacial score (nSPS) is 15.4. The fraction of sp³-hybridized carbons (Fsp3) is 0.0476. The Morgan fingerprint density at radius 2 is 1.74 bits per heavy atom. The molecule has 0 aliphatic carbocycles. The van der Waals surface area contributed by atoms with Crippen molar-refractivity contribution in [2.24, 2.45) is 10.1 Å². The lowest BCUT2D eigenvalue weighted by Crippen LogP contribution is -2.21. The summed E-state index contributed by atoms with van der Waals surface area (Å²) in [6.45, 7) is 0. The van der Waals surface area contributed by atoms with Gasteiger partial charge in [-0.15, -0.1) is 0 Å². The highest BCUT2D eigenvalue weighted by Gasteiger charge is 2.25. The summed E-state index contributed by atoms with van der Waals surface area (Å²) in [7, 11) is -1.98. The largest absolute Gasteiger partial charge is 0.508 e. The first-order valence-electron chi connectivity index (χ1n) is 8.99. The summed E-state index contributed by atoms with van der Waals surface area (Å²) < 4.78 is 28.5. The number of carbonyl (C=O) groups is 1. The van der Waals surface area contributed by atoms with Crippen molar-refractivity contribution < 1.29 is 22.7 Å². The van der Waals surface area contributed by atoms with Gasteiger partial charge < -0.3 is 14.4 Å². The second kappa shape index (κ2) is 8.06. The number of amidine groups is 1. The van der Waals surface area contributed by atoms with Crippen LogP contribution in [-0.4, -0.2) is 31.6 Å². The minimum atomic E-state index is -3.76. The molecule has 0 radical (unpaired) electrons. The highest BCUT2D eigenvalue weighted by atomic mass is 32.2. The van der Waals surface area contributed by atoms with Gasteiger partial charge in [0.2, 0.25) is 10.0 Å². The standard InChI is InChI=1S/C21H17N3O5S2/c1-24(14-4-6-15(25)7-5-14)21-23-20(26)19(30-21)12-16-8-11-18(29-16)13-2-9-17(10-3-13)31(22,27)28/h2-12,25H,1H3,(H2,22,27,28)/b19-12-. The molecule has 1 aromatic heterocycles. The first-order chi connectivity index (χ1) is 14.7. The molecule has 4 rings (SSSR count). The third kappa shape index (κ3) is 4.55. The Morgan fingerprint density at radius 3 is 2.39 bits per heavy atom. The Labute approximate surface area is 182 Å². The molecular weight excluding hydrogens is 438 g/mol. The molecule has 2 aromatic carbocycles. The number of rotatable bonds is 4. The number of benzene rings is 2. The third-order valence-electron chi connectivity index (χ3n) is 4.50. The van der Waals surface area contributed by atoms with Gasteiger partial charge in [0.1, 0.15) is 17.3 Å². The van der Waals surface area contributed by atoms with E-state index >= 15 is 0 Å². The van der Waals surface area contributed by atoms with Crippen molar-refractivity contribution >= 4 is 44.6 Å². The molecule has 8 nitrogen and oxygen atoms in total. The van der Waals surface area contributed by atoms with Crippen LogP contribution in [0.2, 0.25) is 0 Å². The average Bonchev–Trinajstić information content (AvgIpc) is 3.35. The van der Waals surface area contributed by atoms with Crippen LogP contribution in [0.1, 0.15) is 5.76 Å². The quantitative estimate of drug-likeness (QED) is 0.577. The van der Waals surface area contributed by atoms with Crippen LogP contribution in [0.3, 0.4) is 0 Å². The number of phenolic OH excluding ortho intramolecular Hbond substituents is 1. The second-order valence-electron chi connectivity index (χ2n) is 6.66. The summed E-state index contributed by atoms with van der Waals surface area (Å²) in [5.41, 5.74) is 1.45. The van der Waals surface area contributed by atoms with E-state index in [0.29, 0.717) is 27.2 Å². The van der Waals surface area contributed by atoms with Crippen molar-refractivity contribution in [2.45, 2.75) is 4.90 Å². The number of hydrogen-bond donors (Lipinski definition) is 2. The third-order valence-corrected chi connectivity index (χ3v) is 6.49. The van der Waals surface area contributed by atoms with Crippen LogP contribution in [-0.2, 0) is 14.8 Å². The predicted molar refractivity (Wildman–Crippen MR) is 120 cm³/mol. The number of hydrogen-bond acceptors (Lipinski definition) is 7. The van der Waals surface area contributed by atoms with Crippen LogP contribution in [0.4, 0.5) is 5.69 Å². The number of sulfonamides is 1. The molecule has 0 spiro atoms. The fourth-order valence-electron chi connectivity index (χ4n) is 2.85.